The average molecular weight is 301 g/mol. The van der Waals surface area contributed by atoms with Gasteiger partial charge in [0.05, 0.1) is 6.10 Å². The van der Waals surface area contributed by atoms with E-state index < -0.39 is 0 Å². The number of aliphatic hydroxyl groups excluding tert-OH is 1. The van der Waals surface area contributed by atoms with Gasteiger partial charge in [-0.25, -0.2) is 4.39 Å². The van der Waals surface area contributed by atoms with Gasteiger partial charge in [-0.05, 0) is 30.5 Å². The predicted molar refractivity (Wildman–Crippen MR) is 83.7 cm³/mol. The molecule has 0 saturated carbocycles. The highest BCUT2D eigenvalue weighted by atomic mass is 35.5. The molecule has 1 rings (SSSR count). The molecule has 1 nitrogen and oxygen atoms in total. The SMILES string of the molecule is CCCCCCCCCC(O)Cc1ccc(F)cc1Cl. The maximum absolute atomic E-state index is 12.9. The van der Waals surface area contributed by atoms with Crippen molar-refractivity contribution in [3.8, 4) is 0 Å². The van der Waals surface area contributed by atoms with Crippen molar-refractivity contribution in [2.75, 3.05) is 0 Å². The van der Waals surface area contributed by atoms with Gasteiger partial charge in [0.2, 0.25) is 0 Å². The Morgan fingerprint density at radius 2 is 1.75 bits per heavy atom. The monoisotopic (exact) mass is 300 g/mol. The normalized spacial score (nSPS) is 12.6. The summed E-state index contributed by atoms with van der Waals surface area (Å²) in [6.07, 6.45) is 9.62. The third-order valence-corrected chi connectivity index (χ3v) is 3.96. The number of rotatable bonds is 10. The van der Waals surface area contributed by atoms with E-state index in [4.69, 9.17) is 11.6 Å². The molecule has 0 fully saturated rings. The van der Waals surface area contributed by atoms with Gasteiger partial charge in [0.1, 0.15) is 5.82 Å². The molecule has 0 aliphatic rings. The second-order valence-electron chi connectivity index (χ2n) is 5.50. The van der Waals surface area contributed by atoms with Gasteiger partial charge in [0.25, 0.3) is 0 Å². The molecule has 0 spiro atoms. The van der Waals surface area contributed by atoms with E-state index >= 15 is 0 Å². The summed E-state index contributed by atoms with van der Waals surface area (Å²) in [4.78, 5) is 0. The zero-order valence-electron chi connectivity index (χ0n) is 12.4. The summed E-state index contributed by atoms with van der Waals surface area (Å²) >= 11 is 5.95. The molecule has 0 bridgehead atoms. The Morgan fingerprint density at radius 3 is 2.40 bits per heavy atom. The van der Waals surface area contributed by atoms with Crippen LogP contribution in [0.3, 0.4) is 0 Å². The lowest BCUT2D eigenvalue weighted by molar-refractivity contribution is 0.161. The second-order valence-corrected chi connectivity index (χ2v) is 5.91. The highest BCUT2D eigenvalue weighted by molar-refractivity contribution is 6.31. The molecule has 20 heavy (non-hydrogen) atoms. The molecule has 3 heteroatoms. The molecule has 1 atom stereocenters. The quantitative estimate of drug-likeness (QED) is 0.564. The molecule has 1 N–H and O–H groups in total. The average Bonchev–Trinajstić information content (AvgIpc) is 2.41. The van der Waals surface area contributed by atoms with Gasteiger partial charge in [0.15, 0.2) is 0 Å². The Labute approximate surface area is 127 Å². The second kappa shape index (κ2) is 10.2. The minimum atomic E-state index is -0.381. The van der Waals surface area contributed by atoms with Crippen LogP contribution in [0, 0.1) is 5.82 Å². The van der Waals surface area contributed by atoms with Gasteiger partial charge < -0.3 is 5.11 Å². The van der Waals surface area contributed by atoms with Crippen LogP contribution in [0.1, 0.15) is 63.9 Å². The summed E-state index contributed by atoms with van der Waals surface area (Å²) in [5.74, 6) is -0.333. The van der Waals surface area contributed by atoms with E-state index in [0.29, 0.717) is 11.4 Å². The van der Waals surface area contributed by atoms with Gasteiger partial charge >= 0.3 is 0 Å². The molecular formula is C17H26ClFO. The number of hydrogen-bond donors (Lipinski definition) is 1. The van der Waals surface area contributed by atoms with Crippen molar-refractivity contribution in [2.45, 2.75) is 70.8 Å². The molecular weight excluding hydrogens is 275 g/mol. The van der Waals surface area contributed by atoms with Crippen LogP contribution in [-0.2, 0) is 6.42 Å². The zero-order chi connectivity index (χ0) is 14.8. The fraction of sp³-hybridized carbons (Fsp3) is 0.647. The van der Waals surface area contributed by atoms with E-state index in [-0.39, 0.29) is 11.9 Å². The number of unbranched alkanes of at least 4 members (excludes halogenated alkanes) is 6. The van der Waals surface area contributed by atoms with Gasteiger partial charge in [-0.15, -0.1) is 0 Å². The Balaban J connectivity index is 2.15. The van der Waals surface area contributed by atoms with Crippen molar-refractivity contribution in [3.63, 3.8) is 0 Å². The Hall–Kier alpha value is -0.600. The summed E-state index contributed by atoms with van der Waals surface area (Å²) in [5.41, 5.74) is 0.823. The van der Waals surface area contributed by atoms with Crippen LogP contribution in [0.25, 0.3) is 0 Å². The van der Waals surface area contributed by atoms with E-state index in [9.17, 15) is 9.50 Å². The number of halogens is 2. The van der Waals surface area contributed by atoms with Crippen molar-refractivity contribution in [1.82, 2.24) is 0 Å². The molecule has 1 unspecified atom stereocenters. The maximum atomic E-state index is 12.9. The van der Waals surface area contributed by atoms with Crippen molar-refractivity contribution < 1.29 is 9.50 Å². The van der Waals surface area contributed by atoms with Crippen LogP contribution >= 0.6 is 11.6 Å². The topological polar surface area (TPSA) is 20.2 Å². The van der Waals surface area contributed by atoms with E-state index in [1.165, 1.54) is 50.7 Å². The lowest BCUT2D eigenvalue weighted by atomic mass is 10.0. The largest absolute Gasteiger partial charge is 0.393 e. The number of benzene rings is 1. The fourth-order valence-corrected chi connectivity index (χ4v) is 2.62. The summed E-state index contributed by atoms with van der Waals surface area (Å²) < 4.78 is 12.9. The minimum Gasteiger partial charge on any atom is -0.393 e. The molecule has 0 heterocycles. The molecule has 0 radical (unpaired) electrons. The lowest BCUT2D eigenvalue weighted by Crippen LogP contribution is -2.10. The third-order valence-electron chi connectivity index (χ3n) is 3.61. The van der Waals surface area contributed by atoms with Gasteiger partial charge in [-0.1, -0.05) is 69.5 Å². The third kappa shape index (κ3) is 7.25. The summed E-state index contributed by atoms with van der Waals surface area (Å²) in [6, 6.07) is 4.35. The molecule has 1 aromatic carbocycles. The Kier molecular flexibility index (Phi) is 8.88. The number of aliphatic hydroxyl groups is 1. The van der Waals surface area contributed by atoms with E-state index in [0.717, 1.165) is 18.4 Å². The molecule has 0 aromatic heterocycles. The van der Waals surface area contributed by atoms with Gasteiger partial charge in [-0.3, -0.25) is 0 Å². The standard InChI is InChI=1S/C17H26ClFO/c1-2-3-4-5-6-7-8-9-16(20)12-14-10-11-15(19)13-17(14)18/h10-11,13,16,20H,2-9,12H2,1H3. The molecule has 1 aromatic rings. The maximum Gasteiger partial charge on any atom is 0.124 e. The summed E-state index contributed by atoms with van der Waals surface area (Å²) in [7, 11) is 0. The fourth-order valence-electron chi connectivity index (χ4n) is 2.38. The molecule has 0 saturated heterocycles. The van der Waals surface area contributed by atoms with Crippen LogP contribution in [0.2, 0.25) is 5.02 Å². The Bertz CT molecular complexity index is 381. The molecule has 0 aliphatic carbocycles. The Morgan fingerprint density at radius 1 is 1.10 bits per heavy atom. The first-order valence-electron chi connectivity index (χ1n) is 7.75. The van der Waals surface area contributed by atoms with Crippen LogP contribution < -0.4 is 0 Å². The minimum absolute atomic E-state index is 0.333. The van der Waals surface area contributed by atoms with Crippen LogP contribution in [0.15, 0.2) is 18.2 Å². The highest BCUT2D eigenvalue weighted by Crippen LogP contribution is 2.20. The van der Waals surface area contributed by atoms with E-state index in [1.807, 2.05) is 0 Å². The van der Waals surface area contributed by atoms with Crippen molar-refractivity contribution in [3.05, 3.63) is 34.6 Å². The van der Waals surface area contributed by atoms with Crippen LogP contribution in [0.5, 0.6) is 0 Å². The lowest BCUT2D eigenvalue weighted by Gasteiger charge is -2.11. The molecule has 114 valence electrons. The van der Waals surface area contributed by atoms with E-state index in [1.54, 1.807) is 6.07 Å². The number of hydrogen-bond acceptors (Lipinski definition) is 1. The molecule has 0 aliphatic heterocycles. The van der Waals surface area contributed by atoms with Crippen molar-refractivity contribution >= 4 is 11.6 Å². The zero-order valence-corrected chi connectivity index (χ0v) is 13.1. The summed E-state index contributed by atoms with van der Waals surface area (Å²) in [5, 5.41) is 10.4. The predicted octanol–water partition coefficient (Wildman–Crippen LogP) is 5.52. The first-order valence-corrected chi connectivity index (χ1v) is 8.13. The smallest absolute Gasteiger partial charge is 0.124 e. The summed E-state index contributed by atoms with van der Waals surface area (Å²) in [6.45, 7) is 2.22. The van der Waals surface area contributed by atoms with Crippen molar-refractivity contribution in [2.24, 2.45) is 0 Å². The van der Waals surface area contributed by atoms with Gasteiger partial charge in [0, 0.05) is 5.02 Å². The van der Waals surface area contributed by atoms with Crippen molar-refractivity contribution in [1.29, 1.82) is 0 Å². The molecule has 0 amide bonds. The first-order chi connectivity index (χ1) is 9.63. The van der Waals surface area contributed by atoms with Crippen LogP contribution in [-0.4, -0.2) is 11.2 Å². The van der Waals surface area contributed by atoms with E-state index in [2.05, 4.69) is 6.92 Å². The van der Waals surface area contributed by atoms with Gasteiger partial charge in [-0.2, -0.15) is 0 Å². The first kappa shape index (κ1) is 17.5. The highest BCUT2D eigenvalue weighted by Gasteiger charge is 2.09. The van der Waals surface area contributed by atoms with Crippen LogP contribution in [0.4, 0.5) is 4.39 Å².